The van der Waals surface area contributed by atoms with Crippen LogP contribution in [0.5, 0.6) is 0 Å². The monoisotopic (exact) mass is 797 g/mol. The quantitative estimate of drug-likeness (QED) is 0.149. The van der Waals surface area contributed by atoms with E-state index in [0.717, 1.165) is 35.6 Å². The zero-order valence-corrected chi connectivity index (χ0v) is 35.5. The number of hydrogen-bond donors (Lipinski definition) is 0. The first-order valence-electron chi connectivity index (χ1n) is 22.0. The minimum absolute atomic E-state index is 0.00665. The van der Waals surface area contributed by atoms with E-state index in [2.05, 4.69) is 248 Å². The molecule has 0 aromatic heterocycles. The van der Waals surface area contributed by atoms with Gasteiger partial charge < -0.3 is 14.7 Å². The molecular formula is C58H48BN3. The molecule has 8 aromatic carbocycles. The normalized spacial score (nSPS) is 13.9. The molecule has 0 N–H and O–H groups in total. The van der Waals surface area contributed by atoms with Crippen molar-refractivity contribution >= 4 is 68.6 Å². The summed E-state index contributed by atoms with van der Waals surface area (Å²) in [6, 6.07) is 71.9. The summed E-state index contributed by atoms with van der Waals surface area (Å²) in [5.74, 6) is 0. The van der Waals surface area contributed by atoms with E-state index in [-0.39, 0.29) is 12.1 Å². The number of anilines is 8. The van der Waals surface area contributed by atoms with Crippen molar-refractivity contribution in [3.63, 3.8) is 0 Å². The summed E-state index contributed by atoms with van der Waals surface area (Å²) in [6.07, 6.45) is 9.05. The van der Waals surface area contributed by atoms with Gasteiger partial charge >= 0.3 is 0 Å². The van der Waals surface area contributed by atoms with Crippen LogP contribution in [0.2, 0.25) is 0 Å². The van der Waals surface area contributed by atoms with Crippen molar-refractivity contribution in [2.75, 3.05) is 14.7 Å². The summed E-state index contributed by atoms with van der Waals surface area (Å²) < 4.78 is 0. The molecule has 62 heavy (non-hydrogen) atoms. The Morgan fingerprint density at radius 3 is 1.66 bits per heavy atom. The first kappa shape index (κ1) is 37.7. The Morgan fingerprint density at radius 1 is 0.452 bits per heavy atom. The van der Waals surface area contributed by atoms with Crippen LogP contribution >= 0.6 is 0 Å². The van der Waals surface area contributed by atoms with Crippen LogP contribution < -0.4 is 31.1 Å². The maximum Gasteiger partial charge on any atom is 0.252 e. The number of fused-ring (bicyclic) bond motifs is 4. The van der Waals surface area contributed by atoms with Crippen LogP contribution in [0.15, 0.2) is 218 Å². The van der Waals surface area contributed by atoms with E-state index in [0.29, 0.717) is 0 Å². The van der Waals surface area contributed by atoms with E-state index in [1.165, 1.54) is 72.7 Å². The molecule has 0 fully saturated rings. The van der Waals surface area contributed by atoms with Crippen LogP contribution in [0, 0.1) is 0 Å². The van der Waals surface area contributed by atoms with Crippen LogP contribution in [-0.4, -0.2) is 6.71 Å². The predicted molar refractivity (Wildman–Crippen MR) is 265 cm³/mol. The summed E-state index contributed by atoms with van der Waals surface area (Å²) in [5, 5.41) is 0. The van der Waals surface area contributed by atoms with Gasteiger partial charge in [0, 0.05) is 51.2 Å². The molecular weight excluding hydrogens is 749 g/mol. The third-order valence-electron chi connectivity index (χ3n) is 12.8. The second kappa shape index (κ2) is 15.3. The minimum atomic E-state index is -0.00665. The highest BCUT2D eigenvalue weighted by Crippen LogP contribution is 2.46. The molecule has 0 unspecified atom stereocenters. The number of nitrogens with zero attached hydrogens (tertiary/aromatic N) is 3. The first-order valence-corrected chi connectivity index (χ1v) is 22.0. The molecule has 0 atom stereocenters. The Kier molecular flexibility index (Phi) is 9.31. The van der Waals surface area contributed by atoms with Crippen molar-refractivity contribution < 1.29 is 0 Å². The summed E-state index contributed by atoms with van der Waals surface area (Å²) in [6.45, 7) is 6.86. The standard InChI is InChI=1S/C58H48BN3/c1-58(2,3)45-30-34-49(35-31-45)62-55-26-16-25-54-57(55)59(51-37-36-50(40-56(51)62)60(46-21-12-6-13-22-46)47-23-14-7-15-24-47)52-39-44(42-19-10-5-11-20-42)29-38-53(52)61(54)48-32-27-43(28-33-48)41-17-8-4-9-18-41/h4-6,8-14,16-40H,7,15H2,1-3H3. The molecule has 0 saturated heterocycles. The van der Waals surface area contributed by atoms with Gasteiger partial charge in [0.25, 0.3) is 6.71 Å². The van der Waals surface area contributed by atoms with Gasteiger partial charge in [0.2, 0.25) is 0 Å². The highest BCUT2D eigenvalue weighted by Gasteiger charge is 2.43. The number of para-hydroxylation sites is 1. The van der Waals surface area contributed by atoms with E-state index in [4.69, 9.17) is 0 Å². The molecule has 0 amide bonds. The molecule has 3 aliphatic rings. The Hall–Kier alpha value is -7.30. The van der Waals surface area contributed by atoms with Gasteiger partial charge in [-0.05, 0) is 135 Å². The lowest BCUT2D eigenvalue weighted by molar-refractivity contribution is 0.590. The zero-order valence-electron chi connectivity index (χ0n) is 35.5. The average molecular weight is 798 g/mol. The lowest BCUT2D eigenvalue weighted by Gasteiger charge is -2.44. The smallest absolute Gasteiger partial charge is 0.252 e. The topological polar surface area (TPSA) is 9.72 Å². The van der Waals surface area contributed by atoms with Gasteiger partial charge in [0.15, 0.2) is 0 Å². The summed E-state index contributed by atoms with van der Waals surface area (Å²) in [5.41, 5.74) is 20.7. The summed E-state index contributed by atoms with van der Waals surface area (Å²) in [4.78, 5) is 7.44. The number of hydrogen-bond acceptors (Lipinski definition) is 3. The Balaban J connectivity index is 1.16. The van der Waals surface area contributed by atoms with E-state index >= 15 is 0 Å². The number of rotatable bonds is 7. The second-order valence-electron chi connectivity index (χ2n) is 17.7. The van der Waals surface area contributed by atoms with Gasteiger partial charge in [-0.25, -0.2) is 0 Å². The average Bonchev–Trinajstić information content (AvgIpc) is 3.32. The predicted octanol–water partition coefficient (Wildman–Crippen LogP) is 13.8. The van der Waals surface area contributed by atoms with Crippen molar-refractivity contribution in [2.45, 2.75) is 39.0 Å². The van der Waals surface area contributed by atoms with Crippen LogP contribution in [0.1, 0.15) is 39.2 Å². The fraction of sp³-hybridized carbons (Fsp3) is 0.103. The summed E-state index contributed by atoms with van der Waals surface area (Å²) >= 11 is 0. The van der Waals surface area contributed by atoms with E-state index in [1.807, 2.05) is 0 Å². The maximum atomic E-state index is 2.53. The van der Waals surface area contributed by atoms with E-state index in [9.17, 15) is 0 Å². The third kappa shape index (κ3) is 6.55. The highest BCUT2D eigenvalue weighted by molar-refractivity contribution is 7.00. The van der Waals surface area contributed by atoms with Gasteiger partial charge in [-0.15, -0.1) is 0 Å². The molecule has 11 rings (SSSR count). The van der Waals surface area contributed by atoms with Gasteiger partial charge in [0.1, 0.15) is 0 Å². The van der Waals surface area contributed by atoms with E-state index < -0.39 is 0 Å². The van der Waals surface area contributed by atoms with Gasteiger partial charge in [-0.2, -0.15) is 0 Å². The third-order valence-corrected chi connectivity index (χ3v) is 12.8. The van der Waals surface area contributed by atoms with Crippen molar-refractivity contribution in [2.24, 2.45) is 0 Å². The molecule has 3 nitrogen and oxygen atoms in total. The largest absolute Gasteiger partial charge is 0.311 e. The minimum Gasteiger partial charge on any atom is -0.311 e. The maximum absolute atomic E-state index is 2.53. The molecule has 1 aliphatic carbocycles. The Labute approximate surface area is 366 Å². The van der Waals surface area contributed by atoms with Crippen molar-refractivity contribution in [3.05, 3.63) is 224 Å². The van der Waals surface area contributed by atoms with Gasteiger partial charge in [0.05, 0.1) is 0 Å². The van der Waals surface area contributed by atoms with E-state index in [1.54, 1.807) is 0 Å². The molecule has 0 saturated carbocycles. The fourth-order valence-corrected chi connectivity index (χ4v) is 9.76. The van der Waals surface area contributed by atoms with Crippen LogP contribution in [0.4, 0.5) is 45.5 Å². The molecule has 8 aromatic rings. The van der Waals surface area contributed by atoms with Crippen molar-refractivity contribution in [3.8, 4) is 22.3 Å². The first-order chi connectivity index (χ1) is 30.4. The molecule has 0 radical (unpaired) electrons. The number of benzene rings is 8. The number of allylic oxidation sites excluding steroid dienone is 3. The van der Waals surface area contributed by atoms with Gasteiger partial charge in [-0.3, -0.25) is 0 Å². The Bertz CT molecular complexity index is 2980. The van der Waals surface area contributed by atoms with Crippen molar-refractivity contribution in [1.82, 2.24) is 0 Å². The van der Waals surface area contributed by atoms with Gasteiger partial charge in [-0.1, -0.05) is 160 Å². The molecule has 298 valence electrons. The van der Waals surface area contributed by atoms with Crippen LogP contribution in [-0.2, 0) is 5.41 Å². The lowest BCUT2D eigenvalue weighted by Crippen LogP contribution is -2.61. The lowest BCUT2D eigenvalue weighted by atomic mass is 9.33. The van der Waals surface area contributed by atoms with Crippen LogP contribution in [0.3, 0.4) is 0 Å². The van der Waals surface area contributed by atoms with Crippen molar-refractivity contribution in [1.29, 1.82) is 0 Å². The molecule has 4 heteroatoms. The highest BCUT2D eigenvalue weighted by atomic mass is 15.2. The molecule has 0 bridgehead atoms. The fourth-order valence-electron chi connectivity index (χ4n) is 9.76. The Morgan fingerprint density at radius 2 is 1.03 bits per heavy atom. The molecule has 0 spiro atoms. The summed E-state index contributed by atoms with van der Waals surface area (Å²) in [7, 11) is 0. The SMILES string of the molecule is CC(C)(C)c1ccc(N2c3cc(N(C4=CCCC=C4)c4ccccc4)ccc3B3c4cc(-c5ccccc5)ccc4N(c4ccc(-c5ccccc5)cc4)c4cccc2c43)cc1. The second-order valence-corrected chi connectivity index (χ2v) is 17.7. The molecule has 2 heterocycles. The van der Waals surface area contributed by atoms with Crippen LogP contribution in [0.25, 0.3) is 22.3 Å². The zero-order chi connectivity index (χ0) is 41.8. The molecule has 2 aliphatic heterocycles.